The van der Waals surface area contributed by atoms with E-state index >= 15 is 0 Å². The summed E-state index contributed by atoms with van der Waals surface area (Å²) < 4.78 is 0. The fourth-order valence-corrected chi connectivity index (χ4v) is 3.23. The van der Waals surface area contributed by atoms with E-state index in [1.54, 1.807) is 49.4 Å². The lowest BCUT2D eigenvalue weighted by molar-refractivity contribution is -0.385. The van der Waals surface area contributed by atoms with Gasteiger partial charge in [-0.25, -0.2) is 0 Å². The second-order valence-electron chi connectivity index (χ2n) is 7.00. The Bertz CT molecular complexity index is 903. The Morgan fingerprint density at radius 3 is 2.40 bits per heavy atom. The summed E-state index contributed by atoms with van der Waals surface area (Å²) in [7, 11) is 0. The number of hydrogen-bond donors (Lipinski definition) is 1. The average Bonchev–Trinajstić information content (AvgIpc) is 2.73. The molecule has 0 saturated heterocycles. The highest BCUT2D eigenvalue weighted by atomic mass is 35.5. The van der Waals surface area contributed by atoms with Gasteiger partial charge in [0, 0.05) is 29.7 Å². The molecule has 0 saturated carbocycles. The molecule has 0 radical (unpaired) electrons. The van der Waals surface area contributed by atoms with Crippen LogP contribution in [0.15, 0.2) is 48.5 Å². The van der Waals surface area contributed by atoms with Gasteiger partial charge in [-0.3, -0.25) is 19.7 Å². The molecule has 0 aliphatic heterocycles. The standard InChI is InChI=1S/C22H26ClN3O4/c1-3-4-13-24-22(28)16(2)25(15-18-10-5-7-11-19(18)23)21(27)14-17-9-6-8-12-20(17)26(29)30/h5-12,16H,3-4,13-15H2,1-2H3,(H,24,28)/t16-/m0/s1. The van der Waals surface area contributed by atoms with Crippen LogP contribution in [-0.4, -0.2) is 34.2 Å². The lowest BCUT2D eigenvalue weighted by atomic mass is 10.1. The Hall–Kier alpha value is -2.93. The maximum atomic E-state index is 13.2. The molecule has 0 unspecified atom stereocenters. The molecule has 1 atom stereocenters. The number of carbonyl (C=O) groups is 2. The number of nitro benzene ring substituents is 1. The van der Waals surface area contributed by atoms with Gasteiger partial charge in [-0.2, -0.15) is 0 Å². The fourth-order valence-electron chi connectivity index (χ4n) is 3.03. The normalized spacial score (nSPS) is 11.6. The van der Waals surface area contributed by atoms with Gasteiger partial charge in [0.25, 0.3) is 5.69 Å². The molecule has 30 heavy (non-hydrogen) atoms. The lowest BCUT2D eigenvalue weighted by Gasteiger charge is -2.29. The molecule has 7 nitrogen and oxygen atoms in total. The quantitative estimate of drug-likeness (QED) is 0.348. The Balaban J connectivity index is 2.28. The van der Waals surface area contributed by atoms with Crippen LogP contribution in [0, 0.1) is 10.1 Å². The molecule has 0 bridgehead atoms. The summed E-state index contributed by atoms with van der Waals surface area (Å²) in [4.78, 5) is 38.0. The van der Waals surface area contributed by atoms with Gasteiger partial charge in [0.2, 0.25) is 11.8 Å². The van der Waals surface area contributed by atoms with Crippen LogP contribution in [0.2, 0.25) is 5.02 Å². The van der Waals surface area contributed by atoms with E-state index in [9.17, 15) is 19.7 Å². The van der Waals surface area contributed by atoms with Gasteiger partial charge in [-0.05, 0) is 25.0 Å². The Morgan fingerprint density at radius 2 is 1.77 bits per heavy atom. The molecule has 8 heteroatoms. The predicted octanol–water partition coefficient (Wildman–Crippen LogP) is 4.12. The lowest BCUT2D eigenvalue weighted by Crippen LogP contribution is -2.48. The molecular weight excluding hydrogens is 406 g/mol. The van der Waals surface area contributed by atoms with Crippen LogP contribution in [-0.2, 0) is 22.6 Å². The molecule has 2 aromatic carbocycles. The molecule has 2 amide bonds. The third-order valence-corrected chi connectivity index (χ3v) is 5.19. The first-order valence-corrected chi connectivity index (χ1v) is 10.3. The van der Waals surface area contributed by atoms with Gasteiger partial charge >= 0.3 is 0 Å². The number of halogens is 1. The molecule has 0 heterocycles. The van der Waals surface area contributed by atoms with Crippen molar-refractivity contribution in [1.82, 2.24) is 10.2 Å². The number of nitrogens with zero attached hydrogens (tertiary/aromatic N) is 2. The first-order chi connectivity index (χ1) is 14.3. The number of benzene rings is 2. The van der Waals surface area contributed by atoms with E-state index in [1.165, 1.54) is 11.0 Å². The number of nitro groups is 1. The van der Waals surface area contributed by atoms with Gasteiger partial charge < -0.3 is 10.2 Å². The van der Waals surface area contributed by atoms with Crippen molar-refractivity contribution < 1.29 is 14.5 Å². The summed E-state index contributed by atoms with van der Waals surface area (Å²) in [6.07, 6.45) is 1.59. The van der Waals surface area contributed by atoms with Gasteiger partial charge in [-0.1, -0.05) is 61.3 Å². The number of amides is 2. The van der Waals surface area contributed by atoms with E-state index in [2.05, 4.69) is 5.32 Å². The highest BCUT2D eigenvalue weighted by molar-refractivity contribution is 6.31. The zero-order valence-electron chi connectivity index (χ0n) is 17.1. The first-order valence-electron chi connectivity index (χ1n) is 9.88. The summed E-state index contributed by atoms with van der Waals surface area (Å²) in [5.74, 6) is -0.659. The topological polar surface area (TPSA) is 92.6 Å². The Morgan fingerprint density at radius 1 is 1.13 bits per heavy atom. The number of rotatable bonds is 10. The minimum Gasteiger partial charge on any atom is -0.354 e. The summed E-state index contributed by atoms with van der Waals surface area (Å²) >= 11 is 6.26. The summed E-state index contributed by atoms with van der Waals surface area (Å²) in [5.41, 5.74) is 0.877. The molecule has 2 rings (SSSR count). The van der Waals surface area contributed by atoms with Crippen molar-refractivity contribution in [1.29, 1.82) is 0 Å². The van der Waals surface area contributed by atoms with E-state index in [0.29, 0.717) is 22.7 Å². The zero-order chi connectivity index (χ0) is 22.1. The molecule has 2 aromatic rings. The van der Waals surface area contributed by atoms with E-state index < -0.39 is 11.0 Å². The Kier molecular flexibility index (Phi) is 8.80. The molecule has 160 valence electrons. The Labute approximate surface area is 181 Å². The molecule has 0 aromatic heterocycles. The van der Waals surface area contributed by atoms with Crippen molar-refractivity contribution in [3.8, 4) is 0 Å². The maximum Gasteiger partial charge on any atom is 0.273 e. The summed E-state index contributed by atoms with van der Waals surface area (Å²) in [5, 5.41) is 14.6. The fraction of sp³-hybridized carbons (Fsp3) is 0.364. The molecule has 0 spiro atoms. The van der Waals surface area contributed by atoms with Crippen LogP contribution in [0.5, 0.6) is 0 Å². The molecule has 0 fully saturated rings. The minimum absolute atomic E-state index is 0.122. The number of hydrogen-bond acceptors (Lipinski definition) is 4. The van der Waals surface area contributed by atoms with Crippen LogP contribution in [0.1, 0.15) is 37.8 Å². The smallest absolute Gasteiger partial charge is 0.273 e. The third kappa shape index (κ3) is 6.29. The molecule has 1 N–H and O–H groups in total. The first kappa shape index (κ1) is 23.3. The SMILES string of the molecule is CCCCNC(=O)[C@H](C)N(Cc1ccccc1Cl)C(=O)Cc1ccccc1[N+](=O)[O-]. The number of carbonyl (C=O) groups excluding carboxylic acids is 2. The second-order valence-corrected chi connectivity index (χ2v) is 7.40. The van der Waals surface area contributed by atoms with E-state index in [0.717, 1.165) is 12.8 Å². The van der Waals surface area contributed by atoms with Gasteiger partial charge in [0.15, 0.2) is 0 Å². The van der Waals surface area contributed by atoms with Gasteiger partial charge in [-0.15, -0.1) is 0 Å². The van der Waals surface area contributed by atoms with Crippen LogP contribution < -0.4 is 5.32 Å². The van der Waals surface area contributed by atoms with Crippen LogP contribution >= 0.6 is 11.6 Å². The van der Waals surface area contributed by atoms with Crippen molar-refractivity contribution in [2.75, 3.05) is 6.54 Å². The van der Waals surface area contributed by atoms with Crippen molar-refractivity contribution in [3.05, 3.63) is 74.8 Å². The second kappa shape index (κ2) is 11.3. The summed E-state index contributed by atoms with van der Waals surface area (Å²) in [6, 6.07) is 12.4. The largest absolute Gasteiger partial charge is 0.354 e. The highest BCUT2D eigenvalue weighted by Crippen LogP contribution is 2.22. The van der Waals surface area contributed by atoms with E-state index in [-0.39, 0.29) is 30.5 Å². The summed E-state index contributed by atoms with van der Waals surface area (Å²) in [6.45, 7) is 4.32. The molecular formula is C22H26ClN3O4. The zero-order valence-corrected chi connectivity index (χ0v) is 17.9. The number of unbranched alkanes of at least 4 members (excludes halogenated alkanes) is 1. The maximum absolute atomic E-state index is 13.2. The molecule has 0 aliphatic rings. The van der Waals surface area contributed by atoms with Crippen molar-refractivity contribution in [3.63, 3.8) is 0 Å². The molecule has 0 aliphatic carbocycles. The van der Waals surface area contributed by atoms with Gasteiger partial charge in [0.05, 0.1) is 11.3 Å². The van der Waals surface area contributed by atoms with Crippen molar-refractivity contribution >= 4 is 29.1 Å². The number of nitrogens with one attached hydrogen (secondary N) is 1. The minimum atomic E-state index is -0.756. The van der Waals surface area contributed by atoms with Crippen molar-refractivity contribution in [2.45, 2.75) is 45.7 Å². The number of para-hydroxylation sites is 1. The van der Waals surface area contributed by atoms with E-state index in [4.69, 9.17) is 11.6 Å². The predicted molar refractivity (Wildman–Crippen MR) is 116 cm³/mol. The monoisotopic (exact) mass is 431 g/mol. The van der Waals surface area contributed by atoms with Crippen molar-refractivity contribution in [2.24, 2.45) is 0 Å². The van der Waals surface area contributed by atoms with Gasteiger partial charge in [0.1, 0.15) is 6.04 Å². The van der Waals surface area contributed by atoms with E-state index in [1.807, 2.05) is 6.92 Å². The third-order valence-electron chi connectivity index (χ3n) is 4.83. The highest BCUT2D eigenvalue weighted by Gasteiger charge is 2.28. The van der Waals surface area contributed by atoms with Crippen LogP contribution in [0.25, 0.3) is 0 Å². The van der Waals surface area contributed by atoms with Crippen LogP contribution in [0.4, 0.5) is 5.69 Å². The average molecular weight is 432 g/mol. The van der Waals surface area contributed by atoms with Crippen LogP contribution in [0.3, 0.4) is 0 Å².